The zero-order chi connectivity index (χ0) is 16.5. The molecule has 0 radical (unpaired) electrons. The van der Waals surface area contributed by atoms with E-state index in [0.717, 1.165) is 24.2 Å². The van der Waals surface area contributed by atoms with Gasteiger partial charge < -0.3 is 9.88 Å². The Hall–Kier alpha value is -2.46. The van der Waals surface area contributed by atoms with E-state index in [9.17, 15) is 4.79 Å². The lowest BCUT2D eigenvalue weighted by atomic mass is 9.89. The van der Waals surface area contributed by atoms with Crippen LogP contribution in [0.5, 0.6) is 0 Å². The molecule has 0 aliphatic carbocycles. The van der Waals surface area contributed by atoms with E-state index in [1.54, 1.807) is 6.07 Å². The molecule has 4 rings (SSSR count). The number of piperidine rings is 1. The molecule has 1 fully saturated rings. The van der Waals surface area contributed by atoms with E-state index in [4.69, 9.17) is 0 Å². The summed E-state index contributed by atoms with van der Waals surface area (Å²) in [5.74, 6) is 1.27. The number of nitrogens with zero attached hydrogens (tertiary/aromatic N) is 2. The van der Waals surface area contributed by atoms with Crippen molar-refractivity contribution in [3.8, 4) is 11.4 Å². The Kier molecular flexibility index (Phi) is 3.90. The van der Waals surface area contributed by atoms with Crippen LogP contribution in [-0.4, -0.2) is 35.0 Å². The zero-order valence-electron chi connectivity index (χ0n) is 13.8. The van der Waals surface area contributed by atoms with E-state index in [1.165, 1.54) is 18.4 Å². The normalized spacial score (nSPS) is 16.5. The van der Waals surface area contributed by atoms with E-state index >= 15 is 0 Å². The minimum Gasteiger partial charge on any atom is -0.306 e. The number of para-hydroxylation sites is 1. The highest BCUT2D eigenvalue weighted by Gasteiger charge is 2.18. The molecule has 4 nitrogen and oxygen atoms in total. The lowest BCUT2D eigenvalue weighted by Crippen LogP contribution is -2.29. The second kappa shape index (κ2) is 6.21. The molecule has 0 bridgehead atoms. The summed E-state index contributed by atoms with van der Waals surface area (Å²) in [6, 6.07) is 15.9. The molecule has 1 aliphatic rings. The number of benzene rings is 2. The number of likely N-dealkylation sites (tertiary alicyclic amines) is 1. The van der Waals surface area contributed by atoms with Gasteiger partial charge >= 0.3 is 0 Å². The fourth-order valence-electron chi connectivity index (χ4n) is 3.48. The van der Waals surface area contributed by atoms with Gasteiger partial charge in [0.05, 0.1) is 10.9 Å². The van der Waals surface area contributed by atoms with E-state index < -0.39 is 0 Å². The van der Waals surface area contributed by atoms with Gasteiger partial charge in [-0.15, -0.1) is 0 Å². The predicted octanol–water partition coefficient (Wildman–Crippen LogP) is 3.40. The average molecular weight is 319 g/mol. The molecule has 3 aromatic rings. The molecule has 1 aromatic heterocycles. The van der Waals surface area contributed by atoms with Gasteiger partial charge in [0, 0.05) is 5.56 Å². The second-order valence-electron chi connectivity index (χ2n) is 6.63. The largest absolute Gasteiger partial charge is 0.306 e. The van der Waals surface area contributed by atoms with Gasteiger partial charge in [0.15, 0.2) is 0 Å². The zero-order valence-corrected chi connectivity index (χ0v) is 13.8. The summed E-state index contributed by atoms with van der Waals surface area (Å²) in [5, 5.41) is 0.629. The number of fused-ring (bicyclic) bond motifs is 1. The van der Waals surface area contributed by atoms with Crippen LogP contribution < -0.4 is 5.56 Å². The highest BCUT2D eigenvalue weighted by Crippen LogP contribution is 2.28. The van der Waals surface area contributed by atoms with Crippen molar-refractivity contribution in [2.45, 2.75) is 18.8 Å². The van der Waals surface area contributed by atoms with Crippen molar-refractivity contribution in [1.29, 1.82) is 0 Å². The van der Waals surface area contributed by atoms with Crippen LogP contribution in [0.2, 0.25) is 0 Å². The Balaban J connectivity index is 1.64. The minimum absolute atomic E-state index is 0.0880. The van der Waals surface area contributed by atoms with E-state index in [1.807, 2.05) is 18.2 Å². The molecule has 0 amide bonds. The number of nitrogens with one attached hydrogen (secondary N) is 1. The summed E-state index contributed by atoms with van der Waals surface area (Å²) in [4.78, 5) is 22.1. The second-order valence-corrected chi connectivity index (χ2v) is 6.63. The first kappa shape index (κ1) is 15.1. The maximum atomic E-state index is 12.2. The number of hydrogen-bond donors (Lipinski definition) is 1. The van der Waals surface area contributed by atoms with Crippen LogP contribution in [0.3, 0.4) is 0 Å². The van der Waals surface area contributed by atoms with Crippen LogP contribution in [0.25, 0.3) is 22.3 Å². The summed E-state index contributed by atoms with van der Waals surface area (Å²) < 4.78 is 0. The minimum atomic E-state index is -0.0880. The highest BCUT2D eigenvalue weighted by atomic mass is 16.1. The Bertz CT molecular complexity index is 906. The van der Waals surface area contributed by atoms with Crippen LogP contribution in [0.15, 0.2) is 53.3 Å². The van der Waals surface area contributed by atoms with Gasteiger partial charge in [-0.3, -0.25) is 4.79 Å². The molecule has 1 saturated heterocycles. The van der Waals surface area contributed by atoms with Crippen LogP contribution in [0, 0.1) is 0 Å². The van der Waals surface area contributed by atoms with Crippen molar-refractivity contribution in [3.05, 3.63) is 64.4 Å². The fourth-order valence-corrected chi connectivity index (χ4v) is 3.48. The Labute approximate surface area is 141 Å². The smallest absolute Gasteiger partial charge is 0.259 e. The SMILES string of the molecule is CN1CCC(c2ccc(-c3nc4ccccc4c(=O)[nH]3)cc2)CC1. The number of aromatic nitrogens is 2. The van der Waals surface area contributed by atoms with Gasteiger partial charge in [0.2, 0.25) is 0 Å². The maximum absolute atomic E-state index is 12.2. The van der Waals surface area contributed by atoms with Crippen molar-refractivity contribution >= 4 is 10.9 Å². The Morgan fingerprint density at radius 2 is 1.75 bits per heavy atom. The molecule has 2 heterocycles. The molecule has 24 heavy (non-hydrogen) atoms. The topological polar surface area (TPSA) is 49.0 Å². The van der Waals surface area contributed by atoms with Crippen LogP contribution in [0.1, 0.15) is 24.3 Å². The van der Waals surface area contributed by atoms with Crippen LogP contribution >= 0.6 is 0 Å². The van der Waals surface area contributed by atoms with Crippen molar-refractivity contribution in [2.75, 3.05) is 20.1 Å². The van der Waals surface area contributed by atoms with Gasteiger partial charge in [-0.1, -0.05) is 36.4 Å². The van der Waals surface area contributed by atoms with Gasteiger partial charge in [-0.25, -0.2) is 4.98 Å². The number of H-pyrrole nitrogens is 1. The first-order valence-corrected chi connectivity index (χ1v) is 8.48. The molecule has 122 valence electrons. The van der Waals surface area contributed by atoms with Crippen molar-refractivity contribution in [3.63, 3.8) is 0 Å². The lowest BCUT2D eigenvalue weighted by molar-refractivity contribution is 0.255. The monoisotopic (exact) mass is 319 g/mol. The first-order valence-electron chi connectivity index (χ1n) is 8.48. The summed E-state index contributed by atoms with van der Waals surface area (Å²) in [7, 11) is 2.18. The van der Waals surface area contributed by atoms with Gasteiger partial charge in [0.25, 0.3) is 5.56 Å². The van der Waals surface area contributed by atoms with Gasteiger partial charge in [0.1, 0.15) is 5.82 Å². The van der Waals surface area contributed by atoms with Gasteiger partial charge in [-0.05, 0) is 56.6 Å². The Morgan fingerprint density at radius 3 is 2.50 bits per heavy atom. The van der Waals surface area contributed by atoms with Crippen LogP contribution in [0.4, 0.5) is 0 Å². The third-order valence-corrected chi connectivity index (χ3v) is 4.99. The average Bonchev–Trinajstić information content (AvgIpc) is 2.62. The maximum Gasteiger partial charge on any atom is 0.259 e. The molecule has 0 unspecified atom stereocenters. The third-order valence-electron chi connectivity index (χ3n) is 4.99. The quantitative estimate of drug-likeness (QED) is 0.787. The summed E-state index contributed by atoms with van der Waals surface area (Å²) >= 11 is 0. The molecule has 0 atom stereocenters. The molecule has 1 N–H and O–H groups in total. The van der Waals surface area contributed by atoms with Crippen molar-refractivity contribution in [1.82, 2.24) is 14.9 Å². The lowest BCUT2D eigenvalue weighted by Gasteiger charge is -2.29. The summed E-state index contributed by atoms with van der Waals surface area (Å²) in [6.45, 7) is 2.32. The molecule has 0 saturated carbocycles. The Morgan fingerprint density at radius 1 is 1.04 bits per heavy atom. The fraction of sp³-hybridized carbons (Fsp3) is 0.300. The molecule has 1 aliphatic heterocycles. The third kappa shape index (κ3) is 2.85. The van der Waals surface area contributed by atoms with E-state index in [0.29, 0.717) is 17.1 Å². The summed E-state index contributed by atoms with van der Waals surface area (Å²) in [5.41, 5.74) is 2.98. The molecule has 0 spiro atoms. The van der Waals surface area contributed by atoms with E-state index in [2.05, 4.69) is 46.2 Å². The molecular formula is C20H21N3O. The van der Waals surface area contributed by atoms with Crippen molar-refractivity contribution < 1.29 is 0 Å². The highest BCUT2D eigenvalue weighted by molar-refractivity contribution is 5.79. The summed E-state index contributed by atoms with van der Waals surface area (Å²) in [6.07, 6.45) is 2.42. The first-order chi connectivity index (χ1) is 11.7. The van der Waals surface area contributed by atoms with Crippen LogP contribution in [-0.2, 0) is 0 Å². The molecular weight excluding hydrogens is 298 g/mol. The molecule has 4 heteroatoms. The van der Waals surface area contributed by atoms with Crippen molar-refractivity contribution in [2.24, 2.45) is 0 Å². The standard InChI is InChI=1S/C20H21N3O/c1-23-12-10-15(11-13-23)14-6-8-16(9-7-14)19-21-18-5-3-2-4-17(18)20(24)22-19/h2-9,15H,10-13H2,1H3,(H,21,22,24). The number of hydrogen-bond acceptors (Lipinski definition) is 3. The predicted molar refractivity (Wildman–Crippen MR) is 97.3 cm³/mol. The number of rotatable bonds is 2. The van der Waals surface area contributed by atoms with Gasteiger partial charge in [-0.2, -0.15) is 0 Å². The van der Waals surface area contributed by atoms with E-state index in [-0.39, 0.29) is 5.56 Å². The number of aromatic amines is 1. The molecule has 2 aromatic carbocycles.